The van der Waals surface area contributed by atoms with E-state index in [1.807, 2.05) is 0 Å². The van der Waals surface area contributed by atoms with Crippen LogP contribution in [-0.2, 0) is 6.42 Å². The topological polar surface area (TPSA) is 43.1 Å². The Morgan fingerprint density at radius 1 is 1.50 bits per heavy atom. The number of rotatable bonds is 3. The van der Waals surface area contributed by atoms with Gasteiger partial charge in [0, 0.05) is 11.3 Å². The van der Waals surface area contributed by atoms with Gasteiger partial charge in [0.1, 0.15) is 5.82 Å². The zero-order chi connectivity index (χ0) is 8.97. The van der Waals surface area contributed by atoms with Gasteiger partial charge in [-0.05, 0) is 17.7 Å². The van der Waals surface area contributed by atoms with Gasteiger partial charge in [0.15, 0.2) is 0 Å². The Morgan fingerprint density at radius 3 is 2.83 bits per heavy atom. The van der Waals surface area contributed by atoms with Crippen molar-refractivity contribution in [1.29, 1.82) is 0 Å². The van der Waals surface area contributed by atoms with E-state index in [4.69, 9.17) is 0 Å². The summed E-state index contributed by atoms with van der Waals surface area (Å²) in [5.41, 5.74) is 0.659. The fraction of sp³-hybridized carbons (Fsp3) is 0.250. The van der Waals surface area contributed by atoms with E-state index in [-0.39, 0.29) is 18.8 Å². The molecule has 0 bridgehead atoms. The monoisotopic (exact) mass is 169 g/mol. The summed E-state index contributed by atoms with van der Waals surface area (Å²) in [6.07, 6.45) is 0.282. The molecule has 0 spiro atoms. The van der Waals surface area contributed by atoms with Crippen molar-refractivity contribution in [3.63, 3.8) is 0 Å². The van der Waals surface area contributed by atoms with Gasteiger partial charge in [0.25, 0.3) is 0 Å². The van der Waals surface area contributed by atoms with Crippen LogP contribution in [0.2, 0.25) is 0 Å². The fourth-order valence-corrected chi connectivity index (χ4v) is 0.913. The van der Waals surface area contributed by atoms with Gasteiger partial charge in [-0.15, -0.1) is 0 Å². The molecule has 1 aromatic rings. The lowest BCUT2D eigenvalue weighted by Crippen LogP contribution is -2.03. The molecule has 0 saturated carbocycles. The lowest BCUT2D eigenvalue weighted by atomic mass is 10.1. The minimum Gasteiger partial charge on any atom is -0.265 e. The Balaban J connectivity index is 2.57. The Bertz CT molecular complexity index is 288. The predicted octanol–water partition coefficient (Wildman–Crippen LogP) is 1.64. The van der Waals surface area contributed by atoms with E-state index in [9.17, 15) is 14.5 Å². The molecule has 0 aromatic heterocycles. The van der Waals surface area contributed by atoms with Crippen molar-refractivity contribution in [2.75, 3.05) is 6.54 Å². The third kappa shape index (κ3) is 2.65. The van der Waals surface area contributed by atoms with Gasteiger partial charge in [0.05, 0.1) is 0 Å². The van der Waals surface area contributed by atoms with Gasteiger partial charge in [-0.3, -0.25) is 10.1 Å². The molecule has 4 heteroatoms. The maximum Gasteiger partial charge on any atom is 0.207 e. The van der Waals surface area contributed by atoms with Crippen LogP contribution in [0, 0.1) is 15.9 Å². The molecule has 0 aliphatic rings. The second kappa shape index (κ2) is 3.80. The van der Waals surface area contributed by atoms with Crippen LogP contribution in [0.3, 0.4) is 0 Å². The zero-order valence-corrected chi connectivity index (χ0v) is 6.37. The maximum atomic E-state index is 12.5. The van der Waals surface area contributed by atoms with Crippen molar-refractivity contribution >= 4 is 0 Å². The van der Waals surface area contributed by atoms with Crippen molar-refractivity contribution in [1.82, 2.24) is 0 Å². The normalized spacial score (nSPS) is 9.75. The summed E-state index contributed by atoms with van der Waals surface area (Å²) in [6, 6.07) is 5.84. The molecule has 12 heavy (non-hydrogen) atoms. The summed E-state index contributed by atoms with van der Waals surface area (Å²) in [4.78, 5) is 9.56. The predicted molar refractivity (Wildman–Crippen MR) is 42.0 cm³/mol. The molecule has 0 radical (unpaired) electrons. The third-order valence-electron chi connectivity index (χ3n) is 1.47. The SMILES string of the molecule is O=[N+]([O-])CCc1cccc(F)c1. The van der Waals surface area contributed by atoms with Gasteiger partial charge in [-0.25, -0.2) is 4.39 Å². The molecule has 0 unspecified atom stereocenters. The summed E-state index contributed by atoms with van der Waals surface area (Å²) in [6.45, 7) is -0.149. The van der Waals surface area contributed by atoms with Gasteiger partial charge in [0.2, 0.25) is 6.54 Å². The lowest BCUT2D eigenvalue weighted by molar-refractivity contribution is -0.479. The van der Waals surface area contributed by atoms with E-state index in [0.717, 1.165) is 0 Å². The standard InChI is InChI=1S/C8H8FNO2/c9-8-3-1-2-7(6-8)4-5-10(11)12/h1-3,6H,4-5H2. The number of nitrogens with zero attached hydrogens (tertiary/aromatic N) is 1. The molecule has 3 nitrogen and oxygen atoms in total. The van der Waals surface area contributed by atoms with Crippen LogP contribution in [0.1, 0.15) is 5.56 Å². The van der Waals surface area contributed by atoms with E-state index < -0.39 is 4.92 Å². The van der Waals surface area contributed by atoms with E-state index in [1.165, 1.54) is 12.1 Å². The minimum absolute atomic E-state index is 0.149. The molecule has 0 heterocycles. The highest BCUT2D eigenvalue weighted by Gasteiger charge is 1.99. The molecule has 0 aliphatic carbocycles. The van der Waals surface area contributed by atoms with Crippen molar-refractivity contribution in [3.05, 3.63) is 45.8 Å². The van der Waals surface area contributed by atoms with Crippen molar-refractivity contribution in [2.45, 2.75) is 6.42 Å². The summed E-state index contributed by atoms with van der Waals surface area (Å²) in [5, 5.41) is 9.97. The Kier molecular flexibility index (Phi) is 2.74. The highest BCUT2D eigenvalue weighted by atomic mass is 19.1. The van der Waals surface area contributed by atoms with Crippen LogP contribution in [0.5, 0.6) is 0 Å². The number of benzene rings is 1. The summed E-state index contributed by atoms with van der Waals surface area (Å²) in [5.74, 6) is -0.351. The van der Waals surface area contributed by atoms with E-state index in [2.05, 4.69) is 0 Å². The van der Waals surface area contributed by atoms with Gasteiger partial charge >= 0.3 is 0 Å². The molecule has 0 amide bonds. The molecule has 1 aromatic carbocycles. The summed E-state index contributed by atoms with van der Waals surface area (Å²) >= 11 is 0. The molecule has 1 rings (SSSR count). The average Bonchev–Trinajstić information content (AvgIpc) is 2.01. The number of hydrogen-bond donors (Lipinski definition) is 0. The molecular formula is C8H8FNO2. The quantitative estimate of drug-likeness (QED) is 0.510. The first-order valence-electron chi connectivity index (χ1n) is 3.55. The van der Waals surface area contributed by atoms with Crippen LogP contribution in [-0.4, -0.2) is 11.5 Å². The highest BCUT2D eigenvalue weighted by Crippen LogP contribution is 2.03. The smallest absolute Gasteiger partial charge is 0.207 e. The van der Waals surface area contributed by atoms with Crippen molar-refractivity contribution < 1.29 is 9.31 Å². The molecule has 0 saturated heterocycles. The van der Waals surface area contributed by atoms with Gasteiger partial charge < -0.3 is 0 Å². The Morgan fingerprint density at radius 2 is 2.25 bits per heavy atom. The maximum absolute atomic E-state index is 12.5. The first kappa shape index (κ1) is 8.64. The molecule has 0 atom stereocenters. The van der Waals surface area contributed by atoms with E-state index in [0.29, 0.717) is 5.56 Å². The summed E-state index contributed by atoms with van der Waals surface area (Å²) < 4.78 is 12.5. The lowest BCUT2D eigenvalue weighted by Gasteiger charge is -1.95. The van der Waals surface area contributed by atoms with E-state index in [1.54, 1.807) is 12.1 Å². The first-order valence-corrected chi connectivity index (χ1v) is 3.55. The molecule has 64 valence electrons. The zero-order valence-electron chi connectivity index (χ0n) is 6.37. The number of hydrogen-bond acceptors (Lipinski definition) is 2. The van der Waals surface area contributed by atoms with Crippen molar-refractivity contribution in [3.8, 4) is 0 Å². The van der Waals surface area contributed by atoms with Crippen LogP contribution in [0.15, 0.2) is 24.3 Å². The van der Waals surface area contributed by atoms with Crippen LogP contribution in [0.25, 0.3) is 0 Å². The van der Waals surface area contributed by atoms with Crippen LogP contribution in [0.4, 0.5) is 4.39 Å². The van der Waals surface area contributed by atoms with Gasteiger partial charge in [-0.2, -0.15) is 0 Å². The molecular weight excluding hydrogens is 161 g/mol. The van der Waals surface area contributed by atoms with Gasteiger partial charge in [-0.1, -0.05) is 12.1 Å². The van der Waals surface area contributed by atoms with Crippen molar-refractivity contribution in [2.24, 2.45) is 0 Å². The first-order chi connectivity index (χ1) is 5.68. The third-order valence-corrected chi connectivity index (χ3v) is 1.47. The largest absolute Gasteiger partial charge is 0.265 e. The molecule has 0 N–H and O–H groups in total. The molecule has 0 aliphatic heterocycles. The summed E-state index contributed by atoms with van der Waals surface area (Å²) in [7, 11) is 0. The number of halogens is 1. The average molecular weight is 169 g/mol. The second-order valence-electron chi connectivity index (χ2n) is 2.44. The minimum atomic E-state index is -0.412. The highest BCUT2D eigenvalue weighted by molar-refractivity contribution is 5.16. The second-order valence-corrected chi connectivity index (χ2v) is 2.44. The Hall–Kier alpha value is -1.45. The molecule has 0 fully saturated rings. The van der Waals surface area contributed by atoms with Crippen LogP contribution >= 0.6 is 0 Å². The van der Waals surface area contributed by atoms with Crippen LogP contribution < -0.4 is 0 Å². The van der Waals surface area contributed by atoms with E-state index >= 15 is 0 Å². The number of nitro groups is 1. The fourth-order valence-electron chi connectivity index (χ4n) is 0.913. The Labute approximate surface area is 69.0 Å².